The van der Waals surface area contributed by atoms with Gasteiger partial charge in [0.05, 0.1) is 15.0 Å². The van der Waals surface area contributed by atoms with Gasteiger partial charge in [-0.15, -0.1) is 23.7 Å². The number of nitrogens with zero attached hydrogens (tertiary/aromatic N) is 1. The molecule has 2 heterocycles. The molecule has 1 fully saturated rings. The van der Waals surface area contributed by atoms with Crippen LogP contribution in [0.2, 0.25) is 0 Å². The summed E-state index contributed by atoms with van der Waals surface area (Å²) in [4.78, 5) is 2.42. The Labute approximate surface area is 149 Å². The van der Waals surface area contributed by atoms with Crippen LogP contribution in [0.25, 0.3) is 0 Å². The van der Waals surface area contributed by atoms with E-state index in [-0.39, 0.29) is 18.2 Å². The van der Waals surface area contributed by atoms with Gasteiger partial charge < -0.3 is 4.90 Å². The highest BCUT2D eigenvalue weighted by molar-refractivity contribution is 7.87. The molecule has 1 aliphatic rings. The molecule has 126 valence electrons. The summed E-state index contributed by atoms with van der Waals surface area (Å²) in [5, 5.41) is 2.28. The summed E-state index contributed by atoms with van der Waals surface area (Å²) in [6, 6.07) is 10.7. The molecule has 0 amide bonds. The Bertz CT molecular complexity index is 610. The maximum absolute atomic E-state index is 12.9. The number of piperidine rings is 1. The molecule has 0 aliphatic carbocycles. The topological polar surface area (TPSA) is 20.3 Å². The fraction of sp³-hybridized carbons (Fsp3) is 0.412. The van der Waals surface area contributed by atoms with E-state index < -0.39 is 10.8 Å². The van der Waals surface area contributed by atoms with Gasteiger partial charge in [-0.25, -0.2) is 4.39 Å². The lowest BCUT2D eigenvalue weighted by Crippen LogP contribution is -2.38. The van der Waals surface area contributed by atoms with Gasteiger partial charge in [0.15, 0.2) is 0 Å². The smallest absolute Gasteiger partial charge is 0.123 e. The average molecular weight is 374 g/mol. The SMILES string of the molecule is Cl.O=S(c1cccs1)C1CCN(CCc2ccc(F)cc2)CC1. The number of likely N-dealkylation sites (tertiary alicyclic amines) is 1. The fourth-order valence-corrected chi connectivity index (χ4v) is 5.41. The highest BCUT2D eigenvalue weighted by Gasteiger charge is 2.25. The van der Waals surface area contributed by atoms with Crippen molar-refractivity contribution in [3.8, 4) is 0 Å². The van der Waals surface area contributed by atoms with Gasteiger partial charge in [-0.1, -0.05) is 18.2 Å². The molecular weight excluding hydrogens is 353 g/mol. The van der Waals surface area contributed by atoms with E-state index >= 15 is 0 Å². The van der Waals surface area contributed by atoms with E-state index in [4.69, 9.17) is 0 Å². The first kappa shape index (κ1) is 18.6. The Morgan fingerprint density at radius 2 is 1.87 bits per heavy atom. The van der Waals surface area contributed by atoms with Crippen molar-refractivity contribution in [2.75, 3.05) is 19.6 Å². The highest BCUT2D eigenvalue weighted by Crippen LogP contribution is 2.24. The van der Waals surface area contributed by atoms with Gasteiger partial charge in [0.2, 0.25) is 0 Å². The predicted octanol–water partition coefficient (Wildman–Crippen LogP) is 4.12. The van der Waals surface area contributed by atoms with Crippen LogP contribution >= 0.6 is 23.7 Å². The second-order valence-corrected chi connectivity index (χ2v) is 8.55. The molecule has 23 heavy (non-hydrogen) atoms. The van der Waals surface area contributed by atoms with Crippen LogP contribution in [0.5, 0.6) is 0 Å². The largest absolute Gasteiger partial charge is 0.303 e. The van der Waals surface area contributed by atoms with Gasteiger partial charge in [0.25, 0.3) is 0 Å². The van der Waals surface area contributed by atoms with E-state index in [1.807, 2.05) is 29.6 Å². The molecule has 0 N–H and O–H groups in total. The van der Waals surface area contributed by atoms with Gasteiger partial charge in [-0.05, 0) is 61.5 Å². The lowest BCUT2D eigenvalue weighted by atomic mass is 10.1. The van der Waals surface area contributed by atoms with E-state index in [0.29, 0.717) is 5.25 Å². The van der Waals surface area contributed by atoms with Crippen molar-refractivity contribution < 1.29 is 8.60 Å². The number of hydrogen-bond donors (Lipinski definition) is 0. The first-order valence-electron chi connectivity index (χ1n) is 7.63. The van der Waals surface area contributed by atoms with Crippen LogP contribution in [-0.2, 0) is 17.2 Å². The van der Waals surface area contributed by atoms with Crippen molar-refractivity contribution in [2.24, 2.45) is 0 Å². The predicted molar refractivity (Wildman–Crippen MR) is 97.5 cm³/mol. The first-order chi connectivity index (χ1) is 10.7. The second-order valence-electron chi connectivity index (χ2n) is 5.65. The van der Waals surface area contributed by atoms with E-state index in [2.05, 4.69) is 4.90 Å². The Hall–Kier alpha value is -0.750. The molecule has 0 bridgehead atoms. The summed E-state index contributed by atoms with van der Waals surface area (Å²) < 4.78 is 26.3. The number of hydrogen-bond acceptors (Lipinski definition) is 3. The second kappa shape index (κ2) is 8.92. The minimum absolute atomic E-state index is 0. The van der Waals surface area contributed by atoms with Gasteiger partial charge in [-0.2, -0.15) is 0 Å². The summed E-state index contributed by atoms with van der Waals surface area (Å²) >= 11 is 1.59. The molecule has 6 heteroatoms. The number of halogens is 2. The summed E-state index contributed by atoms with van der Waals surface area (Å²) in [5.74, 6) is -0.180. The van der Waals surface area contributed by atoms with Gasteiger partial charge in [0.1, 0.15) is 5.82 Å². The van der Waals surface area contributed by atoms with Gasteiger partial charge >= 0.3 is 0 Å². The normalized spacial score (nSPS) is 17.6. The van der Waals surface area contributed by atoms with Crippen molar-refractivity contribution in [3.05, 3.63) is 53.2 Å². The third-order valence-corrected chi connectivity index (χ3v) is 7.21. The van der Waals surface area contributed by atoms with Crippen LogP contribution in [0, 0.1) is 5.82 Å². The Balaban J connectivity index is 0.00000192. The maximum Gasteiger partial charge on any atom is 0.123 e. The molecule has 2 aromatic rings. The quantitative estimate of drug-likeness (QED) is 0.785. The number of thiophene rings is 1. The zero-order valence-electron chi connectivity index (χ0n) is 12.8. The van der Waals surface area contributed by atoms with Crippen LogP contribution < -0.4 is 0 Å². The molecule has 1 aliphatic heterocycles. The van der Waals surface area contributed by atoms with Crippen molar-refractivity contribution in [3.63, 3.8) is 0 Å². The van der Waals surface area contributed by atoms with Crippen LogP contribution in [0.3, 0.4) is 0 Å². The van der Waals surface area contributed by atoms with E-state index in [1.54, 1.807) is 11.3 Å². The molecule has 0 spiro atoms. The Morgan fingerprint density at radius 1 is 1.17 bits per heavy atom. The van der Waals surface area contributed by atoms with E-state index in [1.165, 1.54) is 17.7 Å². The van der Waals surface area contributed by atoms with Crippen molar-refractivity contribution in [1.29, 1.82) is 0 Å². The molecule has 0 radical (unpaired) electrons. The summed E-state index contributed by atoms with van der Waals surface area (Å²) in [6.07, 6.45) is 2.93. The minimum Gasteiger partial charge on any atom is -0.303 e. The Kier molecular flexibility index (Phi) is 7.21. The fourth-order valence-electron chi connectivity index (χ4n) is 2.83. The van der Waals surface area contributed by atoms with Gasteiger partial charge in [0, 0.05) is 11.8 Å². The standard InChI is InChI=1S/C17H20FNOS2.ClH/c18-15-5-3-14(4-6-15)7-10-19-11-8-16(9-12-19)22(20)17-2-1-13-21-17;/h1-6,13,16H,7-12H2;1H. The molecule has 1 aromatic carbocycles. The molecule has 1 aromatic heterocycles. The summed E-state index contributed by atoms with van der Waals surface area (Å²) in [5.41, 5.74) is 1.17. The third-order valence-electron chi connectivity index (χ3n) is 4.16. The van der Waals surface area contributed by atoms with Crippen LogP contribution in [-0.4, -0.2) is 34.0 Å². The van der Waals surface area contributed by atoms with Crippen LogP contribution in [0.15, 0.2) is 46.0 Å². The lowest BCUT2D eigenvalue weighted by molar-refractivity contribution is 0.234. The lowest BCUT2D eigenvalue weighted by Gasteiger charge is -2.31. The molecule has 0 saturated carbocycles. The minimum atomic E-state index is -0.846. The van der Waals surface area contributed by atoms with Crippen LogP contribution in [0.4, 0.5) is 4.39 Å². The van der Waals surface area contributed by atoms with E-state index in [9.17, 15) is 8.60 Å². The van der Waals surface area contributed by atoms with Crippen molar-refractivity contribution in [2.45, 2.75) is 28.7 Å². The highest BCUT2D eigenvalue weighted by atomic mass is 35.5. The molecule has 1 unspecified atom stereocenters. The van der Waals surface area contributed by atoms with Crippen molar-refractivity contribution >= 4 is 34.5 Å². The maximum atomic E-state index is 12.9. The third kappa shape index (κ3) is 5.11. The van der Waals surface area contributed by atoms with Gasteiger partial charge in [-0.3, -0.25) is 4.21 Å². The zero-order valence-corrected chi connectivity index (χ0v) is 15.3. The monoisotopic (exact) mass is 373 g/mol. The summed E-state index contributed by atoms with van der Waals surface area (Å²) in [6.45, 7) is 3.00. The molecule has 2 nitrogen and oxygen atoms in total. The molecule has 1 saturated heterocycles. The molecule has 3 rings (SSSR count). The molecular formula is C17H21ClFNOS2. The van der Waals surface area contributed by atoms with E-state index in [0.717, 1.165) is 43.1 Å². The first-order valence-corrected chi connectivity index (χ1v) is 9.72. The Morgan fingerprint density at radius 3 is 2.48 bits per heavy atom. The number of rotatable bonds is 5. The summed E-state index contributed by atoms with van der Waals surface area (Å²) in [7, 11) is -0.846. The average Bonchev–Trinajstić information content (AvgIpc) is 3.09. The number of benzene rings is 1. The van der Waals surface area contributed by atoms with Crippen molar-refractivity contribution in [1.82, 2.24) is 4.90 Å². The molecule has 1 atom stereocenters. The zero-order chi connectivity index (χ0) is 15.4. The van der Waals surface area contributed by atoms with Crippen LogP contribution in [0.1, 0.15) is 18.4 Å².